The van der Waals surface area contributed by atoms with E-state index in [4.69, 9.17) is 27.9 Å². The van der Waals surface area contributed by atoms with Crippen LogP contribution in [0.3, 0.4) is 0 Å². The monoisotopic (exact) mass is 337 g/mol. The summed E-state index contributed by atoms with van der Waals surface area (Å²) in [5.74, 6) is -3.46. The Balaban J connectivity index is 1.90. The Morgan fingerprint density at radius 2 is 1.86 bits per heavy atom. The number of amides is 1. The van der Waals surface area contributed by atoms with E-state index in [0.29, 0.717) is 0 Å². The SMILES string of the molecule is C[C@]1(C(=O)OCC(=O)Nc2c(F)cccc2F)CC1(Cl)Cl. The van der Waals surface area contributed by atoms with E-state index in [-0.39, 0.29) is 6.42 Å². The van der Waals surface area contributed by atoms with Crippen molar-refractivity contribution in [3.63, 3.8) is 0 Å². The van der Waals surface area contributed by atoms with Crippen LogP contribution in [0.5, 0.6) is 0 Å². The van der Waals surface area contributed by atoms with Gasteiger partial charge in [0, 0.05) is 6.42 Å². The zero-order chi connectivity index (χ0) is 15.8. The molecule has 1 saturated carbocycles. The molecule has 1 atom stereocenters. The smallest absolute Gasteiger partial charge is 0.315 e. The maximum Gasteiger partial charge on any atom is 0.315 e. The minimum absolute atomic E-state index is 0.214. The Kier molecular flexibility index (Phi) is 4.13. The Labute approximate surface area is 129 Å². The van der Waals surface area contributed by atoms with Gasteiger partial charge in [0.05, 0.1) is 0 Å². The molecule has 0 saturated heterocycles. The Hall–Kier alpha value is -1.40. The lowest BCUT2D eigenvalue weighted by molar-refractivity contribution is -0.152. The molecule has 0 spiro atoms. The number of ether oxygens (including phenoxy) is 1. The van der Waals surface area contributed by atoms with Gasteiger partial charge in [-0.15, -0.1) is 23.2 Å². The van der Waals surface area contributed by atoms with Gasteiger partial charge >= 0.3 is 5.97 Å². The van der Waals surface area contributed by atoms with Crippen molar-refractivity contribution in [2.24, 2.45) is 5.41 Å². The molecule has 2 rings (SSSR count). The second-order valence-electron chi connectivity index (χ2n) is 4.93. The number of hydrogen-bond acceptors (Lipinski definition) is 3. The normalized spacial score (nSPS) is 22.5. The van der Waals surface area contributed by atoms with Crippen LogP contribution in [0.2, 0.25) is 0 Å². The van der Waals surface area contributed by atoms with E-state index in [1.807, 2.05) is 5.32 Å². The summed E-state index contributed by atoms with van der Waals surface area (Å²) in [5, 5.41) is 1.99. The van der Waals surface area contributed by atoms with Gasteiger partial charge in [-0.1, -0.05) is 6.07 Å². The van der Waals surface area contributed by atoms with E-state index in [0.717, 1.165) is 18.2 Å². The summed E-state index contributed by atoms with van der Waals surface area (Å²) >= 11 is 11.6. The Morgan fingerprint density at radius 1 is 1.33 bits per heavy atom. The highest BCUT2D eigenvalue weighted by Gasteiger charge is 2.69. The van der Waals surface area contributed by atoms with Crippen molar-refractivity contribution in [1.29, 1.82) is 0 Å². The van der Waals surface area contributed by atoms with Crippen molar-refractivity contribution in [2.75, 3.05) is 11.9 Å². The average molecular weight is 338 g/mol. The Bertz CT molecular complexity index is 589. The standard InChI is InChI=1S/C13H11Cl2F2NO3/c1-12(6-13(12,14)15)11(20)21-5-9(19)18-10-7(16)3-2-4-8(10)17/h2-4H,5-6H2,1H3,(H,18,19)/t12-/m1/s1. The molecule has 114 valence electrons. The molecule has 0 radical (unpaired) electrons. The number of carbonyl (C=O) groups is 2. The predicted octanol–water partition coefficient (Wildman–Crippen LogP) is 3.03. The third-order valence-electron chi connectivity index (χ3n) is 3.27. The fourth-order valence-electron chi connectivity index (χ4n) is 1.70. The van der Waals surface area contributed by atoms with E-state index in [1.165, 1.54) is 6.92 Å². The highest BCUT2D eigenvalue weighted by atomic mass is 35.5. The molecule has 0 aromatic heterocycles. The third-order valence-corrected chi connectivity index (χ3v) is 4.37. The second kappa shape index (κ2) is 5.42. The molecule has 0 aliphatic heterocycles. The quantitative estimate of drug-likeness (QED) is 0.678. The molecule has 0 heterocycles. The van der Waals surface area contributed by atoms with Crippen molar-refractivity contribution < 1.29 is 23.1 Å². The summed E-state index contributed by atoms with van der Waals surface area (Å²) in [6, 6.07) is 3.14. The lowest BCUT2D eigenvalue weighted by Crippen LogP contribution is -2.27. The van der Waals surface area contributed by atoms with Crippen molar-refractivity contribution in [3.8, 4) is 0 Å². The molecular weight excluding hydrogens is 327 g/mol. The van der Waals surface area contributed by atoms with Gasteiger partial charge in [-0.3, -0.25) is 9.59 Å². The van der Waals surface area contributed by atoms with Gasteiger partial charge in [0.2, 0.25) is 0 Å². The van der Waals surface area contributed by atoms with Crippen LogP contribution < -0.4 is 5.32 Å². The molecule has 1 amide bonds. The summed E-state index contributed by atoms with van der Waals surface area (Å²) in [6.07, 6.45) is 0.214. The lowest BCUT2D eigenvalue weighted by atomic mass is 10.1. The Morgan fingerprint density at radius 3 is 2.33 bits per heavy atom. The van der Waals surface area contributed by atoms with Crippen molar-refractivity contribution in [1.82, 2.24) is 0 Å². The maximum absolute atomic E-state index is 13.3. The maximum atomic E-state index is 13.3. The van der Waals surface area contributed by atoms with Gasteiger partial charge in [-0.05, 0) is 19.1 Å². The van der Waals surface area contributed by atoms with Crippen LogP contribution in [-0.4, -0.2) is 22.8 Å². The molecule has 1 aromatic rings. The van der Waals surface area contributed by atoms with Gasteiger partial charge < -0.3 is 10.1 Å². The van der Waals surface area contributed by atoms with Crippen LogP contribution in [0.4, 0.5) is 14.5 Å². The summed E-state index contributed by atoms with van der Waals surface area (Å²) < 4.78 is 30.2. The minimum Gasteiger partial charge on any atom is -0.455 e. The van der Waals surface area contributed by atoms with E-state index in [1.54, 1.807) is 0 Å². The van der Waals surface area contributed by atoms with Gasteiger partial charge in [0.25, 0.3) is 5.91 Å². The number of carbonyl (C=O) groups excluding carboxylic acids is 2. The molecule has 1 aromatic carbocycles. The first kappa shape index (κ1) is 16.0. The van der Waals surface area contributed by atoms with Crippen LogP contribution in [0.15, 0.2) is 18.2 Å². The van der Waals surface area contributed by atoms with Gasteiger partial charge in [0.1, 0.15) is 27.1 Å². The number of hydrogen-bond donors (Lipinski definition) is 1. The zero-order valence-corrected chi connectivity index (χ0v) is 12.4. The predicted molar refractivity (Wildman–Crippen MR) is 73.1 cm³/mol. The van der Waals surface area contributed by atoms with Crippen LogP contribution in [0, 0.1) is 17.0 Å². The molecule has 8 heteroatoms. The number of alkyl halides is 2. The molecule has 1 aliphatic carbocycles. The van der Waals surface area contributed by atoms with E-state index >= 15 is 0 Å². The van der Waals surface area contributed by atoms with Crippen molar-refractivity contribution >= 4 is 40.8 Å². The summed E-state index contributed by atoms with van der Waals surface area (Å²) in [6.45, 7) is 0.815. The molecule has 0 bridgehead atoms. The van der Waals surface area contributed by atoms with Crippen molar-refractivity contribution in [3.05, 3.63) is 29.8 Å². The van der Waals surface area contributed by atoms with Crippen LogP contribution in [0.1, 0.15) is 13.3 Å². The molecule has 1 N–H and O–H groups in total. The van der Waals surface area contributed by atoms with E-state index < -0.39 is 45.6 Å². The summed E-state index contributed by atoms with van der Waals surface area (Å²) in [7, 11) is 0. The highest BCUT2D eigenvalue weighted by molar-refractivity contribution is 6.53. The number of benzene rings is 1. The number of esters is 1. The number of nitrogens with one attached hydrogen (secondary N) is 1. The largest absolute Gasteiger partial charge is 0.455 e. The second-order valence-corrected chi connectivity index (χ2v) is 6.42. The molecule has 4 nitrogen and oxygen atoms in total. The molecule has 21 heavy (non-hydrogen) atoms. The molecule has 1 fully saturated rings. The number of para-hydroxylation sites is 1. The molecule has 1 aliphatic rings. The van der Waals surface area contributed by atoms with Gasteiger partial charge in [-0.25, -0.2) is 8.78 Å². The fourth-order valence-corrected chi connectivity index (χ4v) is 2.39. The van der Waals surface area contributed by atoms with Crippen LogP contribution in [-0.2, 0) is 14.3 Å². The van der Waals surface area contributed by atoms with Gasteiger partial charge in [0.15, 0.2) is 6.61 Å². The van der Waals surface area contributed by atoms with E-state index in [2.05, 4.69) is 0 Å². The topological polar surface area (TPSA) is 55.4 Å². The third kappa shape index (κ3) is 3.11. The number of halogens is 4. The van der Waals surface area contributed by atoms with Crippen LogP contribution >= 0.6 is 23.2 Å². The first-order valence-corrected chi connectivity index (χ1v) is 6.72. The fraction of sp³-hybridized carbons (Fsp3) is 0.385. The van der Waals surface area contributed by atoms with Gasteiger partial charge in [-0.2, -0.15) is 0 Å². The molecular formula is C13H11Cl2F2NO3. The minimum atomic E-state index is -1.21. The first-order valence-electron chi connectivity index (χ1n) is 5.96. The van der Waals surface area contributed by atoms with Crippen molar-refractivity contribution in [2.45, 2.75) is 17.7 Å². The number of rotatable bonds is 4. The average Bonchev–Trinajstić information content (AvgIpc) is 2.91. The zero-order valence-electron chi connectivity index (χ0n) is 10.9. The number of anilines is 1. The van der Waals surface area contributed by atoms with E-state index in [9.17, 15) is 18.4 Å². The summed E-state index contributed by atoms with van der Waals surface area (Å²) in [5.41, 5.74) is -1.67. The van der Waals surface area contributed by atoms with Crippen LogP contribution in [0.25, 0.3) is 0 Å². The summed E-state index contributed by atoms with van der Waals surface area (Å²) in [4.78, 5) is 23.3. The highest BCUT2D eigenvalue weighted by Crippen LogP contribution is 2.64. The molecule has 0 unspecified atom stereocenters. The lowest BCUT2D eigenvalue weighted by Gasteiger charge is -2.12. The first-order chi connectivity index (χ1) is 9.67.